The van der Waals surface area contributed by atoms with Gasteiger partial charge in [-0.25, -0.2) is 4.98 Å². The van der Waals surface area contributed by atoms with Gasteiger partial charge in [0.25, 0.3) is 0 Å². The van der Waals surface area contributed by atoms with Crippen molar-refractivity contribution < 1.29 is 32.3 Å². The van der Waals surface area contributed by atoms with Crippen LogP contribution in [0.3, 0.4) is 0 Å². The SMILES string of the molecule is CC(=O)Nc1cccc(NC(=O)CSc2nc(CC(=O)Nc3ccc(OC(F)(F)F)cc3)cs2)c1. The van der Waals surface area contributed by atoms with Crippen LogP contribution >= 0.6 is 23.1 Å². The van der Waals surface area contributed by atoms with Gasteiger partial charge in [-0.05, 0) is 42.5 Å². The standard InChI is InChI=1S/C22H19F3N4O4S2/c1-13(30)26-15-3-2-4-16(9-15)28-20(32)12-35-21-29-17(11-34-21)10-19(31)27-14-5-7-18(8-6-14)33-22(23,24)25/h2-9,11H,10,12H2,1H3,(H,26,30)(H,27,31)(H,28,32). The van der Waals surface area contributed by atoms with Crippen LogP contribution < -0.4 is 20.7 Å². The minimum atomic E-state index is -4.79. The van der Waals surface area contributed by atoms with Crippen LogP contribution in [0.4, 0.5) is 30.2 Å². The minimum Gasteiger partial charge on any atom is -0.406 e. The number of carbonyl (C=O) groups is 3. The number of aromatic nitrogens is 1. The van der Waals surface area contributed by atoms with E-state index in [9.17, 15) is 27.6 Å². The number of thiazole rings is 1. The number of amides is 3. The van der Waals surface area contributed by atoms with Crippen LogP contribution in [0.15, 0.2) is 58.3 Å². The normalized spacial score (nSPS) is 11.0. The number of rotatable bonds is 9. The molecule has 13 heteroatoms. The van der Waals surface area contributed by atoms with Gasteiger partial charge in [0.1, 0.15) is 5.75 Å². The van der Waals surface area contributed by atoms with Crippen LogP contribution in [-0.4, -0.2) is 34.8 Å². The van der Waals surface area contributed by atoms with E-state index in [1.54, 1.807) is 29.6 Å². The Hall–Kier alpha value is -3.58. The fourth-order valence-electron chi connectivity index (χ4n) is 2.75. The summed E-state index contributed by atoms with van der Waals surface area (Å²) in [5.74, 6) is -1.17. The number of thioether (sulfide) groups is 1. The monoisotopic (exact) mass is 524 g/mol. The van der Waals surface area contributed by atoms with E-state index in [-0.39, 0.29) is 29.7 Å². The number of alkyl halides is 3. The summed E-state index contributed by atoms with van der Waals surface area (Å²) >= 11 is 2.49. The summed E-state index contributed by atoms with van der Waals surface area (Å²) < 4.78 is 41.0. The molecule has 0 radical (unpaired) electrons. The molecule has 0 atom stereocenters. The molecule has 0 aliphatic heterocycles. The van der Waals surface area contributed by atoms with Crippen molar-refractivity contribution in [3.8, 4) is 5.75 Å². The number of ether oxygens (including phenoxy) is 1. The largest absolute Gasteiger partial charge is 0.573 e. The third-order valence-corrected chi connectivity index (χ3v) is 6.11. The van der Waals surface area contributed by atoms with Crippen molar-refractivity contribution in [1.82, 2.24) is 4.98 Å². The van der Waals surface area contributed by atoms with Crippen molar-refractivity contribution in [2.24, 2.45) is 0 Å². The molecule has 0 fully saturated rings. The predicted octanol–water partition coefficient (Wildman–Crippen LogP) is 4.91. The minimum absolute atomic E-state index is 0.0417. The lowest BCUT2D eigenvalue weighted by Gasteiger charge is -2.09. The summed E-state index contributed by atoms with van der Waals surface area (Å²) in [6, 6.07) is 11.5. The lowest BCUT2D eigenvalue weighted by molar-refractivity contribution is -0.274. The van der Waals surface area contributed by atoms with Gasteiger partial charge in [-0.15, -0.1) is 24.5 Å². The Morgan fingerprint density at radius 2 is 1.63 bits per heavy atom. The molecule has 0 unspecified atom stereocenters. The van der Waals surface area contributed by atoms with Crippen molar-refractivity contribution in [3.05, 3.63) is 59.6 Å². The van der Waals surface area contributed by atoms with E-state index in [1.807, 2.05) is 0 Å². The van der Waals surface area contributed by atoms with E-state index in [4.69, 9.17) is 0 Å². The Kier molecular flexibility index (Phi) is 8.71. The summed E-state index contributed by atoms with van der Waals surface area (Å²) in [4.78, 5) is 39.9. The van der Waals surface area contributed by atoms with E-state index < -0.39 is 12.3 Å². The van der Waals surface area contributed by atoms with Gasteiger partial charge in [-0.3, -0.25) is 14.4 Å². The van der Waals surface area contributed by atoms with Crippen LogP contribution in [0, 0.1) is 0 Å². The van der Waals surface area contributed by atoms with Crippen molar-refractivity contribution in [1.29, 1.82) is 0 Å². The highest BCUT2D eigenvalue weighted by molar-refractivity contribution is 8.01. The zero-order valence-electron chi connectivity index (χ0n) is 18.1. The third kappa shape index (κ3) is 9.29. The number of anilines is 3. The van der Waals surface area contributed by atoms with Crippen molar-refractivity contribution in [2.45, 2.75) is 24.0 Å². The average molecular weight is 525 g/mol. The number of halogens is 3. The van der Waals surface area contributed by atoms with Crippen molar-refractivity contribution in [3.63, 3.8) is 0 Å². The predicted molar refractivity (Wildman–Crippen MR) is 128 cm³/mol. The van der Waals surface area contributed by atoms with Gasteiger partial charge in [-0.2, -0.15) is 0 Å². The summed E-state index contributed by atoms with van der Waals surface area (Å²) in [6.07, 6.45) is -4.83. The van der Waals surface area contributed by atoms with E-state index in [1.165, 1.54) is 42.2 Å². The Morgan fingerprint density at radius 1 is 0.971 bits per heavy atom. The maximum absolute atomic E-state index is 12.2. The smallest absolute Gasteiger partial charge is 0.406 e. The van der Waals surface area contributed by atoms with Gasteiger partial charge in [-0.1, -0.05) is 17.8 Å². The highest BCUT2D eigenvalue weighted by Gasteiger charge is 2.31. The molecule has 0 saturated heterocycles. The second-order valence-corrected chi connectivity index (χ2v) is 9.08. The van der Waals surface area contributed by atoms with Crippen LogP contribution in [0.25, 0.3) is 0 Å². The van der Waals surface area contributed by atoms with Crippen LogP contribution in [0.2, 0.25) is 0 Å². The maximum Gasteiger partial charge on any atom is 0.573 e. The Morgan fingerprint density at radius 3 is 2.29 bits per heavy atom. The Bertz CT molecular complexity index is 1200. The number of hydrogen-bond acceptors (Lipinski definition) is 7. The maximum atomic E-state index is 12.2. The van der Waals surface area contributed by atoms with E-state index in [0.29, 0.717) is 27.1 Å². The Labute approximate surface area is 206 Å². The molecule has 3 amide bonds. The Balaban J connectivity index is 1.45. The van der Waals surface area contributed by atoms with Gasteiger partial charge in [0, 0.05) is 29.4 Å². The van der Waals surface area contributed by atoms with Crippen molar-refractivity contribution >= 4 is 57.9 Å². The number of nitrogens with zero attached hydrogens (tertiary/aromatic N) is 1. The molecule has 0 aliphatic rings. The average Bonchev–Trinajstić information content (AvgIpc) is 3.19. The van der Waals surface area contributed by atoms with Gasteiger partial charge in [0.15, 0.2) is 4.34 Å². The zero-order chi connectivity index (χ0) is 25.4. The zero-order valence-corrected chi connectivity index (χ0v) is 19.8. The summed E-state index contributed by atoms with van der Waals surface area (Å²) in [7, 11) is 0. The first-order valence-electron chi connectivity index (χ1n) is 9.96. The molecule has 0 spiro atoms. The molecule has 0 saturated carbocycles. The molecule has 1 heterocycles. The molecular weight excluding hydrogens is 505 g/mol. The van der Waals surface area contributed by atoms with E-state index in [2.05, 4.69) is 25.7 Å². The van der Waals surface area contributed by atoms with Gasteiger partial charge < -0.3 is 20.7 Å². The molecule has 2 aromatic carbocycles. The quantitative estimate of drug-likeness (QED) is 0.343. The third-order valence-electron chi connectivity index (χ3n) is 4.04. The van der Waals surface area contributed by atoms with Gasteiger partial charge in [0.2, 0.25) is 17.7 Å². The molecule has 3 rings (SSSR count). The number of hydrogen-bond donors (Lipinski definition) is 3. The molecule has 35 heavy (non-hydrogen) atoms. The first kappa shape index (κ1) is 26.0. The number of carbonyl (C=O) groups excluding carboxylic acids is 3. The molecule has 3 aromatic rings. The fraction of sp³-hybridized carbons (Fsp3) is 0.182. The molecule has 3 N–H and O–H groups in total. The highest BCUT2D eigenvalue weighted by Crippen LogP contribution is 2.25. The lowest BCUT2D eigenvalue weighted by Crippen LogP contribution is -2.17. The summed E-state index contributed by atoms with van der Waals surface area (Å²) in [5.41, 5.74) is 1.91. The second kappa shape index (κ2) is 11.7. The lowest BCUT2D eigenvalue weighted by atomic mass is 10.2. The van der Waals surface area contributed by atoms with Crippen LogP contribution in [0.1, 0.15) is 12.6 Å². The van der Waals surface area contributed by atoms with E-state index in [0.717, 1.165) is 12.1 Å². The molecule has 0 aliphatic carbocycles. The second-order valence-electron chi connectivity index (χ2n) is 7.00. The van der Waals surface area contributed by atoms with Gasteiger partial charge >= 0.3 is 6.36 Å². The highest BCUT2D eigenvalue weighted by atomic mass is 32.2. The van der Waals surface area contributed by atoms with Gasteiger partial charge in [0.05, 0.1) is 17.9 Å². The molecule has 184 valence electrons. The summed E-state index contributed by atoms with van der Waals surface area (Å²) in [6.45, 7) is 1.39. The molecular formula is C22H19F3N4O4S2. The number of benzene rings is 2. The fourth-order valence-corrected chi connectivity index (χ4v) is 4.39. The number of nitrogens with one attached hydrogen (secondary N) is 3. The first-order valence-corrected chi connectivity index (χ1v) is 11.8. The van der Waals surface area contributed by atoms with Crippen molar-refractivity contribution in [2.75, 3.05) is 21.7 Å². The first-order chi connectivity index (χ1) is 16.6. The molecule has 8 nitrogen and oxygen atoms in total. The van der Waals surface area contributed by atoms with E-state index >= 15 is 0 Å². The summed E-state index contributed by atoms with van der Waals surface area (Å²) in [5, 5.41) is 9.64. The topological polar surface area (TPSA) is 109 Å². The van der Waals surface area contributed by atoms with Crippen LogP contribution in [0.5, 0.6) is 5.75 Å². The molecule has 0 bridgehead atoms. The van der Waals surface area contributed by atoms with Crippen LogP contribution in [-0.2, 0) is 20.8 Å². The molecule has 1 aromatic heterocycles.